The molecule has 1 aromatic carbocycles. The number of aryl methyl sites for hydroxylation is 1. The topological polar surface area (TPSA) is 49.4 Å². The molecule has 0 spiro atoms. The van der Waals surface area contributed by atoms with Gasteiger partial charge in [-0.05, 0) is 37.0 Å². The van der Waals surface area contributed by atoms with Gasteiger partial charge in [0.2, 0.25) is 0 Å². The molecule has 0 saturated carbocycles. The maximum Gasteiger partial charge on any atom is 0.279 e. The molecule has 1 fully saturated rings. The summed E-state index contributed by atoms with van der Waals surface area (Å²) in [5.74, 6) is -0.309. The third-order valence-corrected chi connectivity index (χ3v) is 5.15. The Bertz CT molecular complexity index is 552. The van der Waals surface area contributed by atoms with Crippen LogP contribution in [-0.2, 0) is 16.8 Å². The van der Waals surface area contributed by atoms with Crippen LogP contribution in [0.25, 0.3) is 0 Å². The SMILES string of the molecule is Cc1ccc(CNS(=O)(=O)N2CCCCCC2)cc1F. The average molecular weight is 300 g/mol. The van der Waals surface area contributed by atoms with E-state index in [-0.39, 0.29) is 12.4 Å². The van der Waals surface area contributed by atoms with Gasteiger partial charge in [-0.25, -0.2) is 4.39 Å². The number of rotatable bonds is 4. The predicted molar refractivity (Wildman–Crippen MR) is 76.9 cm³/mol. The molecule has 0 amide bonds. The van der Waals surface area contributed by atoms with E-state index in [0.29, 0.717) is 24.2 Å². The second kappa shape index (κ2) is 6.65. The number of halogens is 1. The second-order valence-electron chi connectivity index (χ2n) is 5.22. The van der Waals surface area contributed by atoms with Crippen LogP contribution in [0.1, 0.15) is 36.8 Å². The molecule has 1 saturated heterocycles. The van der Waals surface area contributed by atoms with Crippen LogP contribution in [-0.4, -0.2) is 25.8 Å². The van der Waals surface area contributed by atoms with Crippen LogP contribution in [0.3, 0.4) is 0 Å². The van der Waals surface area contributed by atoms with Gasteiger partial charge in [-0.2, -0.15) is 17.4 Å². The first kappa shape index (κ1) is 15.4. The summed E-state index contributed by atoms with van der Waals surface area (Å²) in [4.78, 5) is 0. The summed E-state index contributed by atoms with van der Waals surface area (Å²) in [5.41, 5.74) is 1.19. The molecule has 0 atom stereocenters. The van der Waals surface area contributed by atoms with E-state index in [2.05, 4.69) is 4.72 Å². The molecule has 1 aliphatic rings. The zero-order chi connectivity index (χ0) is 14.6. The number of benzene rings is 1. The fourth-order valence-corrected chi connectivity index (χ4v) is 3.56. The molecule has 20 heavy (non-hydrogen) atoms. The van der Waals surface area contributed by atoms with Crippen molar-refractivity contribution >= 4 is 10.2 Å². The highest BCUT2D eigenvalue weighted by Gasteiger charge is 2.22. The molecule has 4 nitrogen and oxygen atoms in total. The molecule has 6 heteroatoms. The van der Waals surface area contributed by atoms with Gasteiger partial charge in [0.15, 0.2) is 0 Å². The monoisotopic (exact) mass is 300 g/mol. The van der Waals surface area contributed by atoms with Crippen molar-refractivity contribution in [2.45, 2.75) is 39.2 Å². The Morgan fingerprint density at radius 2 is 1.85 bits per heavy atom. The van der Waals surface area contributed by atoms with E-state index < -0.39 is 10.2 Å². The molecule has 0 radical (unpaired) electrons. The Hall–Kier alpha value is -0.980. The molecular formula is C14H21FN2O2S. The largest absolute Gasteiger partial charge is 0.279 e. The van der Waals surface area contributed by atoms with Crippen molar-refractivity contribution in [2.24, 2.45) is 0 Å². The molecule has 1 N–H and O–H groups in total. The van der Waals surface area contributed by atoms with E-state index in [4.69, 9.17) is 0 Å². The Kier molecular flexibility index (Phi) is 5.12. The standard InChI is InChI=1S/C14H21FN2O2S/c1-12-6-7-13(10-14(12)15)11-16-20(18,19)17-8-4-2-3-5-9-17/h6-7,10,16H,2-5,8-9,11H2,1H3. The summed E-state index contributed by atoms with van der Waals surface area (Å²) >= 11 is 0. The zero-order valence-corrected chi connectivity index (χ0v) is 12.5. The number of nitrogens with one attached hydrogen (secondary N) is 1. The van der Waals surface area contributed by atoms with E-state index in [1.165, 1.54) is 10.4 Å². The van der Waals surface area contributed by atoms with Crippen molar-refractivity contribution < 1.29 is 12.8 Å². The van der Waals surface area contributed by atoms with Crippen LogP contribution in [0.4, 0.5) is 4.39 Å². The highest BCUT2D eigenvalue weighted by Crippen LogP contribution is 2.13. The highest BCUT2D eigenvalue weighted by molar-refractivity contribution is 7.87. The van der Waals surface area contributed by atoms with Gasteiger partial charge in [0.1, 0.15) is 5.82 Å². The van der Waals surface area contributed by atoms with E-state index in [0.717, 1.165) is 25.7 Å². The fraction of sp³-hybridized carbons (Fsp3) is 0.571. The number of hydrogen-bond donors (Lipinski definition) is 1. The first-order valence-electron chi connectivity index (χ1n) is 6.99. The Balaban J connectivity index is 1.99. The lowest BCUT2D eigenvalue weighted by molar-refractivity contribution is 0.414. The van der Waals surface area contributed by atoms with Gasteiger partial charge in [0.25, 0.3) is 10.2 Å². The predicted octanol–water partition coefficient (Wildman–Crippen LogP) is 2.34. The van der Waals surface area contributed by atoms with Crippen molar-refractivity contribution in [3.05, 3.63) is 35.1 Å². The minimum absolute atomic E-state index is 0.121. The van der Waals surface area contributed by atoms with Crippen molar-refractivity contribution in [2.75, 3.05) is 13.1 Å². The second-order valence-corrected chi connectivity index (χ2v) is 6.98. The molecule has 2 rings (SSSR count). The summed E-state index contributed by atoms with van der Waals surface area (Å²) in [6.45, 7) is 2.94. The summed E-state index contributed by atoms with van der Waals surface area (Å²) in [6, 6.07) is 4.77. The summed E-state index contributed by atoms with van der Waals surface area (Å²) in [6.07, 6.45) is 3.96. The summed E-state index contributed by atoms with van der Waals surface area (Å²) < 4.78 is 41.8. The van der Waals surface area contributed by atoms with Gasteiger partial charge in [-0.15, -0.1) is 0 Å². The average Bonchev–Trinajstić information content (AvgIpc) is 2.70. The van der Waals surface area contributed by atoms with Crippen LogP contribution in [0, 0.1) is 12.7 Å². The molecular weight excluding hydrogens is 279 g/mol. The molecule has 0 aromatic heterocycles. The molecule has 112 valence electrons. The maximum atomic E-state index is 13.4. The molecule has 0 bridgehead atoms. The normalized spacial score (nSPS) is 17.9. The molecule has 1 aliphatic heterocycles. The minimum atomic E-state index is -3.47. The summed E-state index contributed by atoms with van der Waals surface area (Å²) in [7, 11) is -3.47. The van der Waals surface area contributed by atoms with E-state index in [1.807, 2.05) is 0 Å². The van der Waals surface area contributed by atoms with Gasteiger partial charge in [0, 0.05) is 19.6 Å². The maximum absolute atomic E-state index is 13.4. The third-order valence-electron chi connectivity index (χ3n) is 3.60. The Morgan fingerprint density at radius 1 is 1.20 bits per heavy atom. The highest BCUT2D eigenvalue weighted by atomic mass is 32.2. The van der Waals surface area contributed by atoms with Crippen molar-refractivity contribution in [3.8, 4) is 0 Å². The molecule has 1 aromatic rings. The van der Waals surface area contributed by atoms with Gasteiger partial charge in [-0.3, -0.25) is 0 Å². The van der Waals surface area contributed by atoms with Crippen LogP contribution in [0.2, 0.25) is 0 Å². The lowest BCUT2D eigenvalue weighted by atomic mass is 10.1. The molecule has 0 aliphatic carbocycles. The Labute approximate surface area is 120 Å². The molecule has 0 unspecified atom stereocenters. The minimum Gasteiger partial charge on any atom is -0.207 e. The quantitative estimate of drug-likeness (QED) is 0.928. The van der Waals surface area contributed by atoms with E-state index >= 15 is 0 Å². The summed E-state index contributed by atoms with van der Waals surface area (Å²) in [5, 5.41) is 0. The van der Waals surface area contributed by atoms with E-state index in [9.17, 15) is 12.8 Å². The van der Waals surface area contributed by atoms with Crippen molar-refractivity contribution in [3.63, 3.8) is 0 Å². The first-order chi connectivity index (χ1) is 9.49. The smallest absolute Gasteiger partial charge is 0.207 e. The van der Waals surface area contributed by atoms with Crippen LogP contribution in [0.5, 0.6) is 0 Å². The zero-order valence-electron chi connectivity index (χ0n) is 11.7. The van der Waals surface area contributed by atoms with Crippen molar-refractivity contribution in [1.29, 1.82) is 0 Å². The Morgan fingerprint density at radius 3 is 2.45 bits per heavy atom. The van der Waals surface area contributed by atoms with Crippen LogP contribution in [0.15, 0.2) is 18.2 Å². The van der Waals surface area contributed by atoms with Crippen molar-refractivity contribution in [1.82, 2.24) is 9.03 Å². The van der Waals surface area contributed by atoms with Crippen LogP contribution >= 0.6 is 0 Å². The van der Waals surface area contributed by atoms with Gasteiger partial charge >= 0.3 is 0 Å². The van der Waals surface area contributed by atoms with E-state index in [1.54, 1.807) is 19.1 Å². The van der Waals surface area contributed by atoms with Crippen LogP contribution < -0.4 is 4.72 Å². The lowest BCUT2D eigenvalue weighted by Gasteiger charge is -2.20. The lowest BCUT2D eigenvalue weighted by Crippen LogP contribution is -2.40. The number of hydrogen-bond acceptors (Lipinski definition) is 2. The number of nitrogens with zero attached hydrogens (tertiary/aromatic N) is 1. The fourth-order valence-electron chi connectivity index (χ4n) is 2.29. The molecule has 1 heterocycles. The first-order valence-corrected chi connectivity index (χ1v) is 8.43. The van der Waals surface area contributed by atoms with Gasteiger partial charge in [-0.1, -0.05) is 25.0 Å². The van der Waals surface area contributed by atoms with Gasteiger partial charge < -0.3 is 0 Å². The van der Waals surface area contributed by atoms with Gasteiger partial charge in [0.05, 0.1) is 0 Å². The third kappa shape index (κ3) is 4.01.